The van der Waals surface area contributed by atoms with Crippen LogP contribution in [0.3, 0.4) is 0 Å². The molecule has 0 amide bonds. The molecule has 4 heteroatoms. The average Bonchev–Trinajstić information content (AvgIpc) is 2.73. The Kier molecular flexibility index (Phi) is 3.35. The topological polar surface area (TPSA) is 52.3 Å². The van der Waals surface area contributed by atoms with Gasteiger partial charge < -0.3 is 10.5 Å². The average molecular weight is 246 g/mol. The van der Waals surface area contributed by atoms with E-state index in [0.717, 1.165) is 11.1 Å². The van der Waals surface area contributed by atoms with Crippen LogP contribution in [-0.4, -0.2) is 12.6 Å². The van der Waals surface area contributed by atoms with Gasteiger partial charge in [0.15, 0.2) is 0 Å². The molecule has 0 fully saturated rings. The van der Waals surface area contributed by atoms with Crippen molar-refractivity contribution in [2.24, 2.45) is 0 Å². The highest BCUT2D eigenvalue weighted by Gasteiger charge is 2.19. The van der Waals surface area contributed by atoms with Gasteiger partial charge >= 0.3 is 5.97 Å². The highest BCUT2D eigenvalue weighted by Crippen LogP contribution is 2.33. The van der Waals surface area contributed by atoms with Gasteiger partial charge in [0.05, 0.1) is 0 Å². The van der Waals surface area contributed by atoms with Crippen molar-refractivity contribution >= 4 is 22.3 Å². The first-order chi connectivity index (χ1) is 8.24. The van der Waals surface area contributed by atoms with Gasteiger partial charge in [0, 0.05) is 10.9 Å². The number of carbonyl (C=O) groups is 1. The van der Waals surface area contributed by atoms with E-state index in [4.69, 9.17) is 10.5 Å². The molecule has 0 saturated heterocycles. The molecule has 1 heterocycles. The smallest absolute Gasteiger partial charge is 0.345 e. The Balaban J connectivity index is 2.46. The Hall–Kier alpha value is -1.94. The van der Waals surface area contributed by atoms with Crippen LogP contribution >= 0.6 is 11.3 Å². The summed E-state index contributed by atoms with van der Waals surface area (Å²) in [6.07, 6.45) is 0. The number of rotatable bonds is 3. The molecule has 0 unspecified atom stereocenters. The minimum Gasteiger partial charge on any atom is -0.420 e. The summed E-state index contributed by atoms with van der Waals surface area (Å²) in [5.41, 5.74) is 8.01. The van der Waals surface area contributed by atoms with Crippen molar-refractivity contribution in [3.63, 3.8) is 0 Å². The molecular formula is C13H12NO2S+. The quantitative estimate of drug-likeness (QED) is 0.669. The van der Waals surface area contributed by atoms with Gasteiger partial charge in [-0.1, -0.05) is 30.3 Å². The Labute approximate surface area is 104 Å². The van der Waals surface area contributed by atoms with Crippen LogP contribution in [0.15, 0.2) is 35.7 Å². The van der Waals surface area contributed by atoms with Gasteiger partial charge in [0.25, 0.3) is 0 Å². The molecule has 0 atom stereocenters. The van der Waals surface area contributed by atoms with Crippen molar-refractivity contribution < 1.29 is 9.53 Å². The predicted octanol–water partition coefficient (Wildman–Crippen LogP) is 2.99. The summed E-state index contributed by atoms with van der Waals surface area (Å²) in [4.78, 5) is 11.8. The Morgan fingerprint density at radius 3 is 2.71 bits per heavy atom. The summed E-state index contributed by atoms with van der Waals surface area (Å²) in [6, 6.07) is 9.62. The molecule has 0 radical (unpaired) electrons. The van der Waals surface area contributed by atoms with E-state index in [-0.39, 0.29) is 6.61 Å². The third-order valence-electron chi connectivity index (χ3n) is 2.34. The molecule has 1 aromatic heterocycles. The molecule has 2 aromatic rings. The first-order valence-corrected chi connectivity index (χ1v) is 6.00. The minimum absolute atomic E-state index is 0.0996. The fourth-order valence-electron chi connectivity index (χ4n) is 1.58. The summed E-state index contributed by atoms with van der Waals surface area (Å²) in [7, 11) is 0. The number of nitrogens with two attached hydrogens (primary N) is 1. The Bertz CT molecular complexity index is 519. The lowest BCUT2D eigenvalue weighted by molar-refractivity contribution is 0.0550. The minimum atomic E-state index is -0.419. The Morgan fingerprint density at radius 2 is 2.06 bits per heavy atom. The van der Waals surface area contributed by atoms with Crippen LogP contribution in [0.2, 0.25) is 0 Å². The third kappa shape index (κ3) is 2.26. The fraction of sp³-hybridized carbons (Fsp3) is 0.0769. The second kappa shape index (κ2) is 4.93. The van der Waals surface area contributed by atoms with E-state index in [0.29, 0.717) is 10.6 Å². The van der Waals surface area contributed by atoms with E-state index in [1.54, 1.807) is 0 Å². The number of nitrogen functional groups attached to an aromatic ring is 1. The van der Waals surface area contributed by atoms with Crippen molar-refractivity contribution in [1.29, 1.82) is 0 Å². The van der Waals surface area contributed by atoms with Crippen molar-refractivity contribution in [3.8, 4) is 11.1 Å². The monoisotopic (exact) mass is 246 g/mol. The van der Waals surface area contributed by atoms with Gasteiger partial charge in [-0.2, -0.15) is 0 Å². The van der Waals surface area contributed by atoms with Gasteiger partial charge in [-0.15, -0.1) is 11.3 Å². The number of ether oxygens (including phenoxy) is 1. The number of esters is 1. The SMILES string of the molecule is [CH2+]COC(=O)c1c(-c2ccccc2)csc1N. The van der Waals surface area contributed by atoms with Gasteiger partial charge in [-0.3, -0.25) is 0 Å². The summed E-state index contributed by atoms with van der Waals surface area (Å²) in [5, 5.41) is 2.34. The molecule has 3 nitrogen and oxygen atoms in total. The highest BCUT2D eigenvalue weighted by molar-refractivity contribution is 7.14. The van der Waals surface area contributed by atoms with Gasteiger partial charge in [-0.25, -0.2) is 4.79 Å². The molecule has 17 heavy (non-hydrogen) atoms. The van der Waals surface area contributed by atoms with Crippen molar-refractivity contribution in [2.75, 3.05) is 12.3 Å². The van der Waals surface area contributed by atoms with Gasteiger partial charge in [0.1, 0.15) is 17.5 Å². The van der Waals surface area contributed by atoms with Crippen molar-refractivity contribution in [3.05, 3.63) is 48.2 Å². The second-order valence-electron chi connectivity index (χ2n) is 3.39. The van der Waals surface area contributed by atoms with Crippen molar-refractivity contribution in [1.82, 2.24) is 0 Å². The normalized spacial score (nSPS) is 10.1. The zero-order valence-corrected chi connectivity index (χ0v) is 10.00. The van der Waals surface area contributed by atoms with Crippen LogP contribution in [0.25, 0.3) is 11.1 Å². The zero-order chi connectivity index (χ0) is 12.3. The lowest BCUT2D eigenvalue weighted by Crippen LogP contribution is -2.07. The fourth-order valence-corrected chi connectivity index (χ4v) is 2.39. The largest absolute Gasteiger partial charge is 0.420 e. The lowest BCUT2D eigenvalue weighted by Gasteiger charge is -2.03. The lowest BCUT2D eigenvalue weighted by atomic mass is 10.0. The molecule has 0 spiro atoms. The van der Waals surface area contributed by atoms with Crippen LogP contribution in [-0.2, 0) is 4.74 Å². The van der Waals surface area contributed by atoms with Crippen LogP contribution in [0.5, 0.6) is 0 Å². The van der Waals surface area contributed by atoms with Gasteiger partial charge in [-0.05, 0) is 5.56 Å². The molecule has 86 valence electrons. The highest BCUT2D eigenvalue weighted by atomic mass is 32.1. The first-order valence-electron chi connectivity index (χ1n) is 5.12. The maximum atomic E-state index is 11.8. The molecular weight excluding hydrogens is 234 g/mol. The van der Waals surface area contributed by atoms with E-state index in [9.17, 15) is 4.79 Å². The van der Waals surface area contributed by atoms with Crippen LogP contribution in [0.1, 0.15) is 10.4 Å². The Morgan fingerprint density at radius 1 is 1.35 bits per heavy atom. The standard InChI is InChI=1S/C13H11NO2S/c1-2-16-13(15)11-10(8-17-12(11)14)9-6-4-3-5-7-9/h3-8H,1-2H2,(H-,14,15)/p+1. The number of anilines is 1. The van der Waals surface area contributed by atoms with Gasteiger partial charge in [0.2, 0.25) is 6.61 Å². The number of hydrogen-bond acceptors (Lipinski definition) is 4. The molecule has 1 aromatic carbocycles. The number of benzene rings is 1. The summed E-state index contributed by atoms with van der Waals surface area (Å²) in [5.74, 6) is -0.419. The molecule has 0 aliphatic rings. The predicted molar refractivity (Wildman–Crippen MR) is 69.8 cm³/mol. The molecule has 0 saturated carbocycles. The van der Waals surface area contributed by atoms with Crippen LogP contribution in [0.4, 0.5) is 5.00 Å². The van der Waals surface area contributed by atoms with E-state index < -0.39 is 5.97 Å². The number of thiophene rings is 1. The molecule has 0 aliphatic carbocycles. The first kappa shape index (κ1) is 11.5. The zero-order valence-electron chi connectivity index (χ0n) is 9.18. The summed E-state index contributed by atoms with van der Waals surface area (Å²) in [6.45, 7) is 3.59. The van der Waals surface area contributed by atoms with Crippen molar-refractivity contribution in [2.45, 2.75) is 0 Å². The number of hydrogen-bond donors (Lipinski definition) is 1. The second-order valence-corrected chi connectivity index (χ2v) is 4.30. The van der Waals surface area contributed by atoms with Crippen LogP contribution < -0.4 is 5.73 Å². The summed E-state index contributed by atoms with van der Waals surface area (Å²) < 4.78 is 4.91. The number of carbonyl (C=O) groups excluding carboxylic acids is 1. The van der Waals surface area contributed by atoms with E-state index >= 15 is 0 Å². The third-order valence-corrected chi connectivity index (χ3v) is 3.15. The van der Waals surface area contributed by atoms with E-state index in [1.807, 2.05) is 35.7 Å². The van der Waals surface area contributed by atoms with Crippen LogP contribution in [0, 0.1) is 6.92 Å². The summed E-state index contributed by atoms with van der Waals surface area (Å²) >= 11 is 1.34. The van der Waals surface area contributed by atoms with E-state index in [1.165, 1.54) is 11.3 Å². The molecule has 2 N–H and O–H groups in total. The molecule has 0 bridgehead atoms. The maximum absolute atomic E-state index is 11.8. The van der Waals surface area contributed by atoms with E-state index in [2.05, 4.69) is 6.92 Å². The maximum Gasteiger partial charge on any atom is 0.345 e. The molecule has 0 aliphatic heterocycles. The molecule has 2 rings (SSSR count).